The molecule has 84 valence electrons. The first-order valence-electron chi connectivity index (χ1n) is 5.18. The number of halogens is 1. The molecule has 2 rings (SSSR count). The minimum atomic E-state index is -0.407. The fourth-order valence-electron chi connectivity index (χ4n) is 1.67. The summed E-state index contributed by atoms with van der Waals surface area (Å²) in [6.07, 6.45) is 1.46. The van der Waals surface area contributed by atoms with Gasteiger partial charge in [0, 0.05) is 18.1 Å². The second kappa shape index (κ2) is 4.86. The Hall–Kier alpha value is -1.05. The van der Waals surface area contributed by atoms with Gasteiger partial charge in [0.05, 0.1) is 6.07 Å². The highest BCUT2D eigenvalue weighted by molar-refractivity contribution is 8.01. The van der Waals surface area contributed by atoms with E-state index >= 15 is 0 Å². The van der Waals surface area contributed by atoms with E-state index in [-0.39, 0.29) is 5.82 Å². The lowest BCUT2D eigenvalue weighted by Gasteiger charge is -2.29. The van der Waals surface area contributed by atoms with Gasteiger partial charge < -0.3 is 4.74 Å². The summed E-state index contributed by atoms with van der Waals surface area (Å²) in [4.78, 5) is 0.935. The quantitative estimate of drug-likeness (QED) is 0.792. The van der Waals surface area contributed by atoms with Crippen molar-refractivity contribution in [3.63, 3.8) is 0 Å². The van der Waals surface area contributed by atoms with Crippen molar-refractivity contribution in [1.82, 2.24) is 0 Å². The molecule has 0 bridgehead atoms. The van der Waals surface area contributed by atoms with Gasteiger partial charge >= 0.3 is 0 Å². The van der Waals surface area contributed by atoms with Gasteiger partial charge in [-0.25, -0.2) is 4.39 Å². The number of rotatable bonds is 2. The highest BCUT2D eigenvalue weighted by Crippen LogP contribution is 2.39. The molecule has 0 spiro atoms. The second-order valence-electron chi connectivity index (χ2n) is 3.77. The topological polar surface area (TPSA) is 33.0 Å². The van der Waals surface area contributed by atoms with E-state index in [9.17, 15) is 9.65 Å². The van der Waals surface area contributed by atoms with E-state index in [0.29, 0.717) is 13.2 Å². The van der Waals surface area contributed by atoms with Crippen molar-refractivity contribution in [3.8, 4) is 6.07 Å². The van der Waals surface area contributed by atoms with E-state index in [0.717, 1.165) is 17.7 Å². The lowest BCUT2D eigenvalue weighted by molar-refractivity contribution is 0.0886. The Morgan fingerprint density at radius 3 is 2.44 bits per heavy atom. The normalized spacial score (nSPS) is 19.0. The van der Waals surface area contributed by atoms with Gasteiger partial charge in [-0.05, 0) is 37.1 Å². The van der Waals surface area contributed by atoms with Crippen molar-refractivity contribution in [2.24, 2.45) is 0 Å². The summed E-state index contributed by atoms with van der Waals surface area (Å²) in [6, 6.07) is 8.65. The molecule has 4 heteroatoms. The Bertz CT molecular complexity index is 392. The largest absolute Gasteiger partial charge is 0.381 e. The molecule has 0 unspecified atom stereocenters. The molecule has 0 atom stereocenters. The SMILES string of the molecule is N#CC1(Sc2ccc(F)cc2)CCOCC1. The van der Waals surface area contributed by atoms with Crippen LogP contribution >= 0.6 is 11.8 Å². The van der Waals surface area contributed by atoms with Crippen LogP contribution in [0.2, 0.25) is 0 Å². The van der Waals surface area contributed by atoms with Gasteiger partial charge in [0.15, 0.2) is 0 Å². The average Bonchev–Trinajstić information content (AvgIpc) is 2.33. The summed E-state index contributed by atoms with van der Waals surface area (Å²) in [5.41, 5.74) is 0. The van der Waals surface area contributed by atoms with E-state index in [4.69, 9.17) is 4.74 Å². The number of ether oxygens (including phenoxy) is 1. The zero-order valence-electron chi connectivity index (χ0n) is 8.78. The third-order valence-electron chi connectivity index (χ3n) is 2.63. The summed E-state index contributed by atoms with van der Waals surface area (Å²) in [5.74, 6) is -0.248. The summed E-state index contributed by atoms with van der Waals surface area (Å²) >= 11 is 1.51. The minimum Gasteiger partial charge on any atom is -0.381 e. The summed E-state index contributed by atoms with van der Waals surface area (Å²) in [6.45, 7) is 1.25. The maximum atomic E-state index is 12.7. The zero-order valence-corrected chi connectivity index (χ0v) is 9.60. The van der Waals surface area contributed by atoms with E-state index in [1.54, 1.807) is 12.1 Å². The van der Waals surface area contributed by atoms with E-state index in [1.165, 1.54) is 23.9 Å². The van der Waals surface area contributed by atoms with Gasteiger partial charge in [0.25, 0.3) is 0 Å². The number of thioether (sulfide) groups is 1. The molecule has 0 saturated carbocycles. The van der Waals surface area contributed by atoms with Crippen molar-refractivity contribution in [3.05, 3.63) is 30.1 Å². The van der Waals surface area contributed by atoms with Crippen LogP contribution in [-0.4, -0.2) is 18.0 Å². The van der Waals surface area contributed by atoms with Crippen LogP contribution in [0, 0.1) is 17.1 Å². The molecular weight excluding hydrogens is 225 g/mol. The molecule has 1 heterocycles. The van der Waals surface area contributed by atoms with Gasteiger partial charge in [-0.3, -0.25) is 0 Å². The molecule has 1 saturated heterocycles. The predicted molar refractivity (Wildman–Crippen MR) is 60.7 cm³/mol. The molecule has 2 nitrogen and oxygen atoms in total. The van der Waals surface area contributed by atoms with E-state index in [2.05, 4.69) is 6.07 Å². The Morgan fingerprint density at radius 2 is 1.88 bits per heavy atom. The van der Waals surface area contributed by atoms with Gasteiger partial charge in [0.2, 0.25) is 0 Å². The van der Waals surface area contributed by atoms with Gasteiger partial charge in [-0.1, -0.05) is 0 Å². The van der Waals surface area contributed by atoms with Crippen LogP contribution in [0.25, 0.3) is 0 Å². The fraction of sp³-hybridized carbons (Fsp3) is 0.417. The van der Waals surface area contributed by atoms with Crippen LogP contribution in [0.3, 0.4) is 0 Å². The Balaban J connectivity index is 2.12. The van der Waals surface area contributed by atoms with Crippen molar-refractivity contribution in [1.29, 1.82) is 5.26 Å². The van der Waals surface area contributed by atoms with Crippen LogP contribution in [0.15, 0.2) is 29.2 Å². The number of nitriles is 1. The smallest absolute Gasteiger partial charge is 0.123 e. The van der Waals surface area contributed by atoms with Gasteiger partial charge in [-0.2, -0.15) is 5.26 Å². The predicted octanol–water partition coefficient (Wildman–Crippen LogP) is 2.99. The number of hydrogen-bond acceptors (Lipinski definition) is 3. The molecule has 1 fully saturated rings. The number of hydrogen-bond donors (Lipinski definition) is 0. The van der Waals surface area contributed by atoms with Gasteiger partial charge in [0.1, 0.15) is 10.6 Å². The van der Waals surface area contributed by atoms with E-state index < -0.39 is 4.75 Å². The Kier molecular flexibility index (Phi) is 3.47. The fourth-order valence-corrected chi connectivity index (χ4v) is 2.81. The van der Waals surface area contributed by atoms with Crippen LogP contribution in [0.5, 0.6) is 0 Å². The maximum Gasteiger partial charge on any atom is 0.123 e. The van der Waals surface area contributed by atoms with Crippen LogP contribution in [0.1, 0.15) is 12.8 Å². The zero-order chi connectivity index (χ0) is 11.4. The molecule has 1 aliphatic rings. The monoisotopic (exact) mass is 237 g/mol. The third-order valence-corrected chi connectivity index (χ3v) is 4.03. The van der Waals surface area contributed by atoms with E-state index in [1.807, 2.05) is 0 Å². The van der Waals surface area contributed by atoms with Crippen LogP contribution in [0.4, 0.5) is 4.39 Å². The summed E-state index contributed by atoms with van der Waals surface area (Å²) in [7, 11) is 0. The van der Waals surface area contributed by atoms with Crippen molar-refractivity contribution in [2.45, 2.75) is 22.5 Å². The average molecular weight is 237 g/mol. The number of benzene rings is 1. The second-order valence-corrected chi connectivity index (χ2v) is 5.23. The Labute approximate surface area is 98.4 Å². The maximum absolute atomic E-state index is 12.7. The molecule has 0 aliphatic carbocycles. The van der Waals surface area contributed by atoms with Crippen molar-refractivity contribution in [2.75, 3.05) is 13.2 Å². The molecule has 16 heavy (non-hydrogen) atoms. The van der Waals surface area contributed by atoms with Crippen LogP contribution < -0.4 is 0 Å². The molecule has 1 aliphatic heterocycles. The molecule has 0 amide bonds. The van der Waals surface area contributed by atoms with Crippen molar-refractivity contribution < 1.29 is 9.13 Å². The lowest BCUT2D eigenvalue weighted by atomic mass is 10.0. The lowest BCUT2D eigenvalue weighted by Crippen LogP contribution is -2.31. The molecular formula is C12H12FNOS. The van der Waals surface area contributed by atoms with Crippen LogP contribution in [-0.2, 0) is 4.74 Å². The molecule has 0 aromatic heterocycles. The first-order valence-corrected chi connectivity index (χ1v) is 5.99. The van der Waals surface area contributed by atoms with Gasteiger partial charge in [-0.15, -0.1) is 11.8 Å². The Morgan fingerprint density at radius 1 is 1.25 bits per heavy atom. The number of nitrogens with zero attached hydrogens (tertiary/aromatic N) is 1. The molecule has 0 N–H and O–H groups in total. The molecule has 0 radical (unpaired) electrons. The highest BCUT2D eigenvalue weighted by atomic mass is 32.2. The molecule has 1 aromatic carbocycles. The highest BCUT2D eigenvalue weighted by Gasteiger charge is 2.33. The minimum absolute atomic E-state index is 0.248. The molecule has 1 aromatic rings. The van der Waals surface area contributed by atoms with Crippen molar-refractivity contribution >= 4 is 11.8 Å². The standard InChI is InChI=1S/C12H12FNOS/c13-10-1-3-11(4-2-10)16-12(9-14)5-7-15-8-6-12/h1-4H,5-8H2. The summed E-state index contributed by atoms with van der Waals surface area (Å²) in [5, 5.41) is 9.26. The third kappa shape index (κ3) is 2.55. The first kappa shape index (κ1) is 11.4. The first-order chi connectivity index (χ1) is 7.74. The summed E-state index contributed by atoms with van der Waals surface area (Å²) < 4.78 is 17.6.